The number of halogens is 3. The first-order chi connectivity index (χ1) is 14.8. The van der Waals surface area contributed by atoms with Crippen molar-refractivity contribution in [3.8, 4) is 0 Å². The Labute approximate surface area is 205 Å². The highest BCUT2D eigenvalue weighted by molar-refractivity contribution is 8.26. The summed E-state index contributed by atoms with van der Waals surface area (Å²) in [6.07, 6.45) is 4.42. The quantitative estimate of drug-likeness (QED) is 0.233. The summed E-state index contributed by atoms with van der Waals surface area (Å²) in [6, 6.07) is 12.4. The molecule has 0 aliphatic carbocycles. The molecular formula is C22H19Cl3N2O2S2. The Balaban J connectivity index is 1.42. The number of nitrogens with one attached hydrogen (secondary N) is 1. The Kier molecular flexibility index (Phi) is 8.81. The van der Waals surface area contributed by atoms with Crippen LogP contribution in [0.25, 0.3) is 6.08 Å². The van der Waals surface area contributed by atoms with Crippen molar-refractivity contribution in [2.45, 2.75) is 25.7 Å². The molecule has 2 aromatic rings. The first-order valence-corrected chi connectivity index (χ1v) is 12.0. The van der Waals surface area contributed by atoms with Gasteiger partial charge in [0.15, 0.2) is 0 Å². The highest BCUT2D eigenvalue weighted by Crippen LogP contribution is 2.33. The van der Waals surface area contributed by atoms with Crippen molar-refractivity contribution in [2.24, 2.45) is 0 Å². The van der Waals surface area contributed by atoms with Crippen LogP contribution < -0.4 is 5.32 Å². The third-order valence-corrected chi connectivity index (χ3v) is 7.00. The first-order valence-electron chi connectivity index (χ1n) is 9.60. The zero-order valence-electron chi connectivity index (χ0n) is 16.4. The highest BCUT2D eigenvalue weighted by Gasteiger charge is 2.31. The molecular weight excluding hydrogens is 495 g/mol. The molecule has 9 heteroatoms. The second-order valence-corrected chi connectivity index (χ2v) is 9.74. The van der Waals surface area contributed by atoms with Crippen LogP contribution in [-0.2, 0) is 9.59 Å². The minimum Gasteiger partial charge on any atom is -0.325 e. The standard InChI is InChI=1S/C22H19Cl3N2O2S2/c23-15-10-8-14(9-11-15)13-18-21(29)27(22(30)31-18)12-3-1-2-7-19(28)26-17-6-4-5-16(24)20(17)25/h4-6,8-11,13H,1-3,7,12H2,(H,26,28). The molecule has 0 spiro atoms. The van der Waals surface area contributed by atoms with Crippen molar-refractivity contribution >= 4 is 86.7 Å². The second kappa shape index (κ2) is 11.3. The summed E-state index contributed by atoms with van der Waals surface area (Å²) in [5.41, 5.74) is 1.40. The van der Waals surface area contributed by atoms with Gasteiger partial charge in [-0.1, -0.05) is 83.4 Å². The van der Waals surface area contributed by atoms with E-state index in [9.17, 15) is 9.59 Å². The number of nitrogens with zero attached hydrogens (tertiary/aromatic N) is 1. The molecule has 0 bridgehead atoms. The molecule has 1 aliphatic rings. The molecule has 4 nitrogen and oxygen atoms in total. The lowest BCUT2D eigenvalue weighted by Gasteiger charge is -2.14. The van der Waals surface area contributed by atoms with Gasteiger partial charge in [0.2, 0.25) is 5.91 Å². The summed E-state index contributed by atoms with van der Waals surface area (Å²) in [7, 11) is 0. The number of unbranched alkanes of at least 4 members (excludes halogenated alkanes) is 2. The largest absolute Gasteiger partial charge is 0.325 e. The SMILES string of the molecule is O=C(CCCCCN1C(=O)C(=Cc2ccc(Cl)cc2)SC1=S)Nc1cccc(Cl)c1Cl. The van der Waals surface area contributed by atoms with E-state index in [-0.39, 0.29) is 11.8 Å². The summed E-state index contributed by atoms with van der Waals surface area (Å²) in [4.78, 5) is 27.0. The van der Waals surface area contributed by atoms with Crippen molar-refractivity contribution in [1.82, 2.24) is 4.90 Å². The maximum atomic E-state index is 12.7. The van der Waals surface area contributed by atoms with E-state index in [1.165, 1.54) is 11.8 Å². The summed E-state index contributed by atoms with van der Waals surface area (Å²) < 4.78 is 0.554. The fourth-order valence-electron chi connectivity index (χ4n) is 2.95. The molecule has 1 heterocycles. The van der Waals surface area contributed by atoms with Crippen LogP contribution in [0.15, 0.2) is 47.4 Å². The van der Waals surface area contributed by atoms with Gasteiger partial charge in [0.25, 0.3) is 5.91 Å². The number of hydrogen-bond acceptors (Lipinski definition) is 4. The van der Waals surface area contributed by atoms with Crippen LogP contribution in [0.1, 0.15) is 31.2 Å². The number of carbonyl (C=O) groups is 2. The maximum Gasteiger partial charge on any atom is 0.266 e. The van der Waals surface area contributed by atoms with Gasteiger partial charge >= 0.3 is 0 Å². The molecule has 1 N–H and O–H groups in total. The normalized spacial score (nSPS) is 15.1. The Morgan fingerprint density at radius 3 is 2.55 bits per heavy atom. The van der Waals surface area contributed by atoms with Gasteiger partial charge in [0.1, 0.15) is 4.32 Å². The average Bonchev–Trinajstić information content (AvgIpc) is 3.00. The Hall–Kier alpha value is -1.57. The molecule has 0 unspecified atom stereocenters. The monoisotopic (exact) mass is 512 g/mol. The van der Waals surface area contributed by atoms with Crippen molar-refractivity contribution < 1.29 is 9.59 Å². The lowest BCUT2D eigenvalue weighted by molar-refractivity contribution is -0.122. The van der Waals surface area contributed by atoms with E-state index in [0.29, 0.717) is 49.4 Å². The molecule has 1 aliphatic heterocycles. The fraction of sp³-hybridized carbons (Fsp3) is 0.227. The number of thiocarbonyl (C=S) groups is 1. The lowest BCUT2D eigenvalue weighted by atomic mass is 10.1. The summed E-state index contributed by atoms with van der Waals surface area (Å²) in [5, 5.41) is 4.15. The van der Waals surface area contributed by atoms with Crippen molar-refractivity contribution in [3.05, 3.63) is 68.0 Å². The molecule has 3 rings (SSSR count). The van der Waals surface area contributed by atoms with Crippen LogP contribution >= 0.6 is 58.8 Å². The van der Waals surface area contributed by atoms with Gasteiger partial charge in [0, 0.05) is 18.0 Å². The van der Waals surface area contributed by atoms with Gasteiger partial charge in [-0.25, -0.2) is 0 Å². The summed E-state index contributed by atoms with van der Waals surface area (Å²) in [6.45, 7) is 0.532. The van der Waals surface area contributed by atoms with Gasteiger partial charge < -0.3 is 5.32 Å². The predicted octanol–water partition coefficient (Wildman–Crippen LogP) is 7.05. The van der Waals surface area contributed by atoms with Gasteiger partial charge in [-0.3, -0.25) is 14.5 Å². The van der Waals surface area contributed by atoms with E-state index in [0.717, 1.165) is 18.4 Å². The number of benzene rings is 2. The zero-order valence-corrected chi connectivity index (χ0v) is 20.3. The van der Waals surface area contributed by atoms with E-state index < -0.39 is 0 Å². The Morgan fingerprint density at radius 1 is 1.06 bits per heavy atom. The van der Waals surface area contributed by atoms with Crippen LogP contribution in [0.2, 0.25) is 15.1 Å². The third kappa shape index (κ3) is 6.70. The van der Waals surface area contributed by atoms with Gasteiger partial charge in [-0.15, -0.1) is 0 Å². The van der Waals surface area contributed by atoms with Crippen LogP contribution in [0.4, 0.5) is 5.69 Å². The highest BCUT2D eigenvalue weighted by atomic mass is 35.5. The van der Waals surface area contributed by atoms with Gasteiger partial charge in [0.05, 0.1) is 20.6 Å². The van der Waals surface area contributed by atoms with Crippen molar-refractivity contribution in [1.29, 1.82) is 0 Å². The molecule has 162 valence electrons. The molecule has 0 atom stereocenters. The summed E-state index contributed by atoms with van der Waals surface area (Å²) in [5.74, 6) is -0.209. The van der Waals surface area contributed by atoms with Crippen molar-refractivity contribution in [3.63, 3.8) is 0 Å². The average molecular weight is 514 g/mol. The summed E-state index contributed by atoms with van der Waals surface area (Å²) >= 11 is 24.6. The number of amides is 2. The van der Waals surface area contributed by atoms with E-state index in [1.54, 1.807) is 35.2 Å². The number of carbonyl (C=O) groups excluding carboxylic acids is 2. The smallest absolute Gasteiger partial charge is 0.266 e. The molecule has 1 saturated heterocycles. The predicted molar refractivity (Wildman–Crippen MR) is 135 cm³/mol. The van der Waals surface area contributed by atoms with Gasteiger partial charge in [-0.05, 0) is 48.7 Å². The number of anilines is 1. The molecule has 0 aromatic heterocycles. The number of hydrogen-bond donors (Lipinski definition) is 1. The third-order valence-electron chi connectivity index (χ3n) is 4.55. The van der Waals surface area contributed by atoms with Crippen molar-refractivity contribution in [2.75, 3.05) is 11.9 Å². The van der Waals surface area contributed by atoms with E-state index in [2.05, 4.69) is 5.32 Å². The van der Waals surface area contributed by atoms with E-state index in [4.69, 9.17) is 47.0 Å². The van der Waals surface area contributed by atoms with E-state index >= 15 is 0 Å². The maximum absolute atomic E-state index is 12.7. The minimum absolute atomic E-state index is 0.0849. The topological polar surface area (TPSA) is 49.4 Å². The molecule has 1 fully saturated rings. The van der Waals surface area contributed by atoms with Crippen LogP contribution in [0, 0.1) is 0 Å². The molecule has 31 heavy (non-hydrogen) atoms. The van der Waals surface area contributed by atoms with E-state index in [1.807, 2.05) is 18.2 Å². The van der Waals surface area contributed by atoms with Crippen LogP contribution in [0.5, 0.6) is 0 Å². The zero-order chi connectivity index (χ0) is 22.4. The Bertz CT molecular complexity index is 1030. The molecule has 0 saturated carbocycles. The lowest BCUT2D eigenvalue weighted by Crippen LogP contribution is -2.29. The number of rotatable bonds is 8. The minimum atomic E-state index is -0.124. The van der Waals surface area contributed by atoms with Gasteiger partial charge in [-0.2, -0.15) is 0 Å². The number of thioether (sulfide) groups is 1. The molecule has 2 aromatic carbocycles. The first kappa shape index (κ1) is 24.1. The molecule has 0 radical (unpaired) electrons. The van der Waals surface area contributed by atoms with Crippen LogP contribution in [-0.4, -0.2) is 27.6 Å². The fourth-order valence-corrected chi connectivity index (χ4v) is 4.73. The Morgan fingerprint density at radius 2 is 1.81 bits per heavy atom. The second-order valence-electron chi connectivity index (χ2n) is 6.85. The van der Waals surface area contributed by atoms with Crippen LogP contribution in [0.3, 0.4) is 0 Å². The molecule has 2 amide bonds.